The van der Waals surface area contributed by atoms with Crippen molar-refractivity contribution in [1.29, 1.82) is 0 Å². The van der Waals surface area contributed by atoms with E-state index in [0.29, 0.717) is 18.8 Å². The predicted octanol–water partition coefficient (Wildman–Crippen LogP) is 2.50. The molecule has 90 valence electrons. The van der Waals surface area contributed by atoms with Gasteiger partial charge in [0.05, 0.1) is 6.61 Å². The number of rotatable bonds is 4. The molecule has 1 aliphatic rings. The topological polar surface area (TPSA) is 43.4 Å². The molecule has 16 heavy (non-hydrogen) atoms. The van der Waals surface area contributed by atoms with E-state index in [2.05, 4.69) is 0 Å². The Morgan fingerprint density at radius 1 is 1.56 bits per heavy atom. The summed E-state index contributed by atoms with van der Waals surface area (Å²) in [6.07, 6.45) is 7.02. The molecule has 0 aromatic heterocycles. The summed E-state index contributed by atoms with van der Waals surface area (Å²) >= 11 is 0. The maximum atomic E-state index is 11.7. The van der Waals surface area contributed by atoms with Gasteiger partial charge < -0.3 is 4.74 Å². The van der Waals surface area contributed by atoms with E-state index in [1.54, 1.807) is 13.0 Å². The molecule has 3 nitrogen and oxygen atoms in total. The van der Waals surface area contributed by atoms with E-state index in [4.69, 9.17) is 4.74 Å². The predicted molar refractivity (Wildman–Crippen MR) is 61.9 cm³/mol. The fourth-order valence-electron chi connectivity index (χ4n) is 2.12. The van der Waals surface area contributed by atoms with Crippen LogP contribution < -0.4 is 0 Å². The van der Waals surface area contributed by atoms with Crippen LogP contribution in [0.15, 0.2) is 12.2 Å². The maximum absolute atomic E-state index is 11.7. The molecule has 0 bridgehead atoms. The molecule has 2 unspecified atom stereocenters. The van der Waals surface area contributed by atoms with Crippen molar-refractivity contribution in [3.05, 3.63) is 12.2 Å². The number of hydrogen-bond donors (Lipinski definition) is 0. The number of ether oxygens (including phenoxy) is 1. The van der Waals surface area contributed by atoms with Crippen LogP contribution >= 0.6 is 0 Å². The van der Waals surface area contributed by atoms with Gasteiger partial charge in [-0.1, -0.05) is 19.4 Å². The Hall–Kier alpha value is -1.12. The van der Waals surface area contributed by atoms with Gasteiger partial charge in [0.15, 0.2) is 0 Å². The highest BCUT2D eigenvalue weighted by Gasteiger charge is 2.25. The minimum Gasteiger partial charge on any atom is -0.463 e. The molecule has 0 heterocycles. The fraction of sp³-hybridized carbons (Fsp3) is 0.692. The van der Waals surface area contributed by atoms with Gasteiger partial charge in [-0.2, -0.15) is 0 Å². The summed E-state index contributed by atoms with van der Waals surface area (Å²) in [5.74, 6) is 0.251. The quantitative estimate of drug-likeness (QED) is 0.544. The van der Waals surface area contributed by atoms with Crippen molar-refractivity contribution < 1.29 is 14.3 Å². The molecule has 0 amide bonds. The normalized spacial score (nSPS) is 23.4. The lowest BCUT2D eigenvalue weighted by atomic mass is 9.80. The van der Waals surface area contributed by atoms with Gasteiger partial charge >= 0.3 is 5.97 Å². The van der Waals surface area contributed by atoms with E-state index in [0.717, 1.165) is 19.3 Å². The van der Waals surface area contributed by atoms with Crippen molar-refractivity contribution in [2.45, 2.75) is 39.5 Å². The van der Waals surface area contributed by atoms with Crippen LogP contribution in [-0.2, 0) is 14.3 Å². The van der Waals surface area contributed by atoms with Crippen molar-refractivity contribution in [3.8, 4) is 0 Å². The maximum Gasteiger partial charge on any atom is 0.330 e. The van der Waals surface area contributed by atoms with Gasteiger partial charge in [0.2, 0.25) is 0 Å². The summed E-state index contributed by atoms with van der Waals surface area (Å²) in [6.45, 7) is 4.16. The zero-order valence-electron chi connectivity index (χ0n) is 10.1. The summed E-state index contributed by atoms with van der Waals surface area (Å²) in [5, 5.41) is 0. The molecule has 0 spiro atoms. The largest absolute Gasteiger partial charge is 0.463 e. The van der Waals surface area contributed by atoms with Gasteiger partial charge in [-0.15, -0.1) is 0 Å². The second-order valence-electron chi connectivity index (χ2n) is 4.29. The Kier molecular flexibility index (Phi) is 5.23. The molecule has 1 fully saturated rings. The highest BCUT2D eigenvalue weighted by Crippen LogP contribution is 2.27. The lowest BCUT2D eigenvalue weighted by molar-refractivity contribution is -0.137. The van der Waals surface area contributed by atoms with E-state index >= 15 is 0 Å². The summed E-state index contributed by atoms with van der Waals surface area (Å²) in [5.41, 5.74) is 0. The first-order valence-corrected chi connectivity index (χ1v) is 6.02. The van der Waals surface area contributed by atoms with E-state index in [1.165, 1.54) is 6.08 Å². The Balaban J connectivity index is 2.47. The molecule has 1 aliphatic carbocycles. The average molecular weight is 224 g/mol. The SMILES string of the molecule is CCOC(=O)/C=C/C(C)C1CCCCC1=O. The first kappa shape index (κ1) is 12.9. The van der Waals surface area contributed by atoms with Crippen LogP contribution in [0.4, 0.5) is 0 Å². The van der Waals surface area contributed by atoms with E-state index in [-0.39, 0.29) is 17.8 Å². The Morgan fingerprint density at radius 3 is 2.94 bits per heavy atom. The van der Waals surface area contributed by atoms with Crippen LogP contribution in [0.3, 0.4) is 0 Å². The number of esters is 1. The fourth-order valence-corrected chi connectivity index (χ4v) is 2.12. The van der Waals surface area contributed by atoms with Crippen LogP contribution in [-0.4, -0.2) is 18.4 Å². The molecular formula is C13H20O3. The zero-order valence-corrected chi connectivity index (χ0v) is 10.1. The molecular weight excluding hydrogens is 204 g/mol. The molecule has 0 aromatic rings. The first-order chi connectivity index (χ1) is 7.65. The molecule has 1 rings (SSSR count). The van der Waals surface area contributed by atoms with E-state index < -0.39 is 0 Å². The Labute approximate surface area is 96.9 Å². The lowest BCUT2D eigenvalue weighted by Gasteiger charge is -2.24. The number of carbonyl (C=O) groups excluding carboxylic acids is 2. The van der Waals surface area contributed by atoms with Crippen LogP contribution in [0.5, 0.6) is 0 Å². The van der Waals surface area contributed by atoms with Crippen molar-refractivity contribution in [2.24, 2.45) is 11.8 Å². The van der Waals surface area contributed by atoms with Crippen LogP contribution in [0.2, 0.25) is 0 Å². The number of Topliss-reactive ketones (excluding diaryl/α,β-unsaturated/α-hetero) is 1. The van der Waals surface area contributed by atoms with Crippen LogP contribution in [0, 0.1) is 11.8 Å². The van der Waals surface area contributed by atoms with Crippen molar-refractivity contribution in [2.75, 3.05) is 6.61 Å². The number of carbonyl (C=O) groups is 2. The number of ketones is 1. The zero-order chi connectivity index (χ0) is 12.0. The molecule has 0 aromatic carbocycles. The van der Waals surface area contributed by atoms with Crippen LogP contribution in [0.25, 0.3) is 0 Å². The minimum absolute atomic E-state index is 0.0967. The number of allylic oxidation sites excluding steroid dienone is 1. The molecule has 0 aliphatic heterocycles. The van der Waals surface area contributed by atoms with Gasteiger partial charge in [0.1, 0.15) is 5.78 Å². The Bertz CT molecular complexity index is 281. The highest BCUT2D eigenvalue weighted by atomic mass is 16.5. The van der Waals surface area contributed by atoms with Gasteiger partial charge in [-0.25, -0.2) is 4.79 Å². The van der Waals surface area contributed by atoms with Gasteiger partial charge in [-0.05, 0) is 25.7 Å². The molecule has 0 saturated heterocycles. The first-order valence-electron chi connectivity index (χ1n) is 6.02. The smallest absolute Gasteiger partial charge is 0.330 e. The third-order valence-electron chi connectivity index (χ3n) is 3.06. The monoisotopic (exact) mass is 224 g/mol. The summed E-state index contributed by atoms with van der Waals surface area (Å²) in [7, 11) is 0. The standard InChI is InChI=1S/C13H20O3/c1-3-16-13(15)9-8-10(2)11-6-4-5-7-12(11)14/h8-11H,3-7H2,1-2H3/b9-8+. The molecule has 3 heteroatoms. The molecule has 0 radical (unpaired) electrons. The lowest BCUT2D eigenvalue weighted by Crippen LogP contribution is -2.24. The number of hydrogen-bond acceptors (Lipinski definition) is 3. The minimum atomic E-state index is -0.322. The van der Waals surface area contributed by atoms with Crippen molar-refractivity contribution in [1.82, 2.24) is 0 Å². The molecule has 2 atom stereocenters. The molecule has 1 saturated carbocycles. The average Bonchev–Trinajstić information content (AvgIpc) is 2.27. The van der Waals surface area contributed by atoms with Crippen LogP contribution in [0.1, 0.15) is 39.5 Å². The summed E-state index contributed by atoms with van der Waals surface area (Å²) < 4.78 is 4.80. The van der Waals surface area contributed by atoms with Crippen molar-refractivity contribution >= 4 is 11.8 Å². The van der Waals surface area contributed by atoms with E-state index in [1.807, 2.05) is 6.92 Å². The Morgan fingerprint density at radius 2 is 2.31 bits per heavy atom. The van der Waals surface area contributed by atoms with E-state index in [9.17, 15) is 9.59 Å². The summed E-state index contributed by atoms with van der Waals surface area (Å²) in [4.78, 5) is 22.8. The molecule has 0 N–H and O–H groups in total. The highest BCUT2D eigenvalue weighted by molar-refractivity contribution is 5.83. The second-order valence-corrected chi connectivity index (χ2v) is 4.29. The van der Waals surface area contributed by atoms with Gasteiger partial charge in [-0.3, -0.25) is 4.79 Å². The van der Waals surface area contributed by atoms with Crippen molar-refractivity contribution in [3.63, 3.8) is 0 Å². The van der Waals surface area contributed by atoms with Gasteiger partial charge in [0.25, 0.3) is 0 Å². The van der Waals surface area contributed by atoms with Gasteiger partial charge in [0, 0.05) is 18.4 Å². The summed E-state index contributed by atoms with van der Waals surface area (Å²) in [6, 6.07) is 0. The second kappa shape index (κ2) is 6.46. The third kappa shape index (κ3) is 3.80. The third-order valence-corrected chi connectivity index (χ3v) is 3.06.